The number of nitrogens with zero attached hydrogens (tertiary/aromatic N) is 1. The third-order valence-electron chi connectivity index (χ3n) is 6.78. The van der Waals surface area contributed by atoms with Gasteiger partial charge in [0.25, 0.3) is 5.91 Å². The molecular formula is C33H42FN2O4+. The monoisotopic (exact) mass is 549 g/mol. The second-order valence-corrected chi connectivity index (χ2v) is 10.9. The van der Waals surface area contributed by atoms with Crippen molar-refractivity contribution in [3.63, 3.8) is 0 Å². The molecule has 1 unspecified atom stereocenters. The van der Waals surface area contributed by atoms with Gasteiger partial charge < -0.3 is 19.3 Å². The Morgan fingerprint density at radius 1 is 0.775 bits per heavy atom. The van der Waals surface area contributed by atoms with Gasteiger partial charge in [-0.15, -0.1) is 0 Å². The Kier molecular flexibility index (Phi) is 12.2. The van der Waals surface area contributed by atoms with Gasteiger partial charge in [-0.3, -0.25) is 4.79 Å². The van der Waals surface area contributed by atoms with Gasteiger partial charge in [-0.1, -0.05) is 68.1 Å². The fraction of sp³-hybridized carbons (Fsp3) is 0.394. The number of unbranched alkanes of at least 4 members (excludes halogenated alkanes) is 5. The smallest absolute Gasteiger partial charge is 0.346 e. The maximum Gasteiger partial charge on any atom is 0.346 e. The van der Waals surface area contributed by atoms with Crippen molar-refractivity contribution in [2.45, 2.75) is 51.0 Å². The third kappa shape index (κ3) is 10.5. The van der Waals surface area contributed by atoms with E-state index in [1.165, 1.54) is 23.8 Å². The number of benzene rings is 3. The van der Waals surface area contributed by atoms with Crippen LogP contribution in [0.5, 0.6) is 11.5 Å². The molecular weight excluding hydrogens is 507 g/mol. The normalized spacial score (nSPS) is 12.0. The predicted octanol–water partition coefficient (Wildman–Crippen LogP) is 6.20. The summed E-state index contributed by atoms with van der Waals surface area (Å²) in [6, 6.07) is 22.5. The number of likely N-dealkylation sites (N-methyl/N-ethyl adjacent to an activating group) is 1. The fourth-order valence-electron chi connectivity index (χ4n) is 4.40. The van der Waals surface area contributed by atoms with E-state index in [-0.39, 0.29) is 17.5 Å². The molecule has 40 heavy (non-hydrogen) atoms. The molecule has 0 aromatic heterocycles. The molecule has 1 amide bonds. The van der Waals surface area contributed by atoms with Crippen molar-refractivity contribution < 1.29 is 27.9 Å². The van der Waals surface area contributed by atoms with E-state index in [2.05, 4.69) is 38.6 Å². The van der Waals surface area contributed by atoms with Crippen molar-refractivity contribution in [2.24, 2.45) is 0 Å². The van der Waals surface area contributed by atoms with Gasteiger partial charge in [0.05, 0.1) is 33.3 Å². The van der Waals surface area contributed by atoms with Gasteiger partial charge in [0.2, 0.25) is 0 Å². The third-order valence-corrected chi connectivity index (χ3v) is 6.78. The Hall–Kier alpha value is -3.71. The van der Waals surface area contributed by atoms with Crippen molar-refractivity contribution in [1.29, 1.82) is 0 Å². The van der Waals surface area contributed by atoms with Crippen LogP contribution in [0.25, 0.3) is 0 Å². The molecule has 3 rings (SSSR count). The van der Waals surface area contributed by atoms with Gasteiger partial charge in [0.15, 0.2) is 6.04 Å². The lowest BCUT2D eigenvalue weighted by molar-refractivity contribution is -0.886. The van der Waals surface area contributed by atoms with Crippen LogP contribution in [0.15, 0.2) is 78.9 Å². The zero-order valence-electron chi connectivity index (χ0n) is 23.9. The van der Waals surface area contributed by atoms with Crippen molar-refractivity contribution >= 4 is 11.9 Å². The van der Waals surface area contributed by atoms with E-state index < -0.39 is 11.8 Å². The lowest BCUT2D eigenvalue weighted by Gasteiger charge is -2.33. The first-order chi connectivity index (χ1) is 19.2. The quantitative estimate of drug-likeness (QED) is 0.100. The molecule has 0 saturated carbocycles. The van der Waals surface area contributed by atoms with E-state index in [1.54, 1.807) is 30.3 Å². The average molecular weight is 550 g/mol. The fourth-order valence-corrected chi connectivity index (χ4v) is 4.40. The number of hydrogen-bond donors (Lipinski definition) is 1. The summed E-state index contributed by atoms with van der Waals surface area (Å²) in [6.07, 6.45) is 7.06. The molecule has 1 atom stereocenters. The zero-order valence-corrected chi connectivity index (χ0v) is 23.9. The number of nitrogens with one attached hydrogen (secondary N) is 1. The first-order valence-corrected chi connectivity index (χ1v) is 14.1. The van der Waals surface area contributed by atoms with E-state index in [0.717, 1.165) is 44.9 Å². The molecule has 7 heteroatoms. The van der Waals surface area contributed by atoms with Crippen LogP contribution >= 0.6 is 0 Å². The molecule has 0 spiro atoms. The summed E-state index contributed by atoms with van der Waals surface area (Å²) in [5.41, 5.74) is 1.08. The van der Waals surface area contributed by atoms with Gasteiger partial charge in [0.1, 0.15) is 17.3 Å². The van der Waals surface area contributed by atoms with Gasteiger partial charge in [-0.05, 0) is 54.8 Å². The van der Waals surface area contributed by atoms with Crippen LogP contribution in [-0.2, 0) is 11.2 Å². The Morgan fingerprint density at radius 2 is 1.38 bits per heavy atom. The molecule has 0 aliphatic rings. The number of esters is 1. The number of amides is 1. The van der Waals surface area contributed by atoms with Crippen LogP contribution in [0.4, 0.5) is 4.39 Å². The Bertz CT molecular complexity index is 1190. The molecule has 1 N–H and O–H groups in total. The van der Waals surface area contributed by atoms with Crippen molar-refractivity contribution in [3.05, 3.63) is 95.8 Å². The Morgan fingerprint density at radius 3 is 2.05 bits per heavy atom. The van der Waals surface area contributed by atoms with E-state index in [9.17, 15) is 14.0 Å². The second kappa shape index (κ2) is 15.8. The molecule has 0 bridgehead atoms. The molecule has 0 fully saturated rings. The topological polar surface area (TPSA) is 64.6 Å². The maximum absolute atomic E-state index is 13.7. The minimum absolute atomic E-state index is 0.0973. The Balaban J connectivity index is 1.24. The predicted molar refractivity (Wildman–Crippen MR) is 156 cm³/mol. The molecule has 0 radical (unpaired) electrons. The second-order valence-electron chi connectivity index (χ2n) is 10.9. The highest BCUT2D eigenvalue weighted by Crippen LogP contribution is 2.20. The molecule has 6 nitrogen and oxygen atoms in total. The Labute approximate surface area is 237 Å². The number of ether oxygens (including phenoxy) is 2. The number of carbonyl (C=O) groups is 2. The van der Waals surface area contributed by atoms with Crippen molar-refractivity contribution in [1.82, 2.24) is 5.32 Å². The number of quaternary nitrogens is 1. The molecule has 0 aliphatic carbocycles. The van der Waals surface area contributed by atoms with Gasteiger partial charge >= 0.3 is 5.97 Å². The summed E-state index contributed by atoms with van der Waals surface area (Å²) in [7, 11) is 6.21. The van der Waals surface area contributed by atoms with Crippen molar-refractivity contribution in [3.8, 4) is 11.5 Å². The number of halogens is 1. The highest BCUT2D eigenvalue weighted by Gasteiger charge is 2.31. The first-order valence-electron chi connectivity index (χ1n) is 14.1. The summed E-state index contributed by atoms with van der Waals surface area (Å²) in [6.45, 7) is 1.32. The van der Waals surface area contributed by atoms with Crippen LogP contribution < -0.4 is 14.8 Å². The van der Waals surface area contributed by atoms with Gasteiger partial charge in [0, 0.05) is 13.0 Å². The van der Waals surface area contributed by atoms with Gasteiger partial charge in [-0.25, -0.2) is 9.18 Å². The highest BCUT2D eigenvalue weighted by molar-refractivity contribution is 5.91. The molecule has 0 heterocycles. The summed E-state index contributed by atoms with van der Waals surface area (Å²) < 4.78 is 25.3. The van der Waals surface area contributed by atoms with Crippen LogP contribution in [0.2, 0.25) is 0 Å². The summed E-state index contributed by atoms with van der Waals surface area (Å²) >= 11 is 0. The van der Waals surface area contributed by atoms with E-state index in [4.69, 9.17) is 9.47 Å². The van der Waals surface area contributed by atoms with Crippen molar-refractivity contribution in [2.75, 3.05) is 34.3 Å². The zero-order chi connectivity index (χ0) is 28.8. The van der Waals surface area contributed by atoms with Crippen LogP contribution in [-0.4, -0.2) is 56.7 Å². The summed E-state index contributed by atoms with van der Waals surface area (Å²) in [5.74, 6) is -0.195. The van der Waals surface area contributed by atoms with E-state index >= 15 is 0 Å². The number of carbonyl (C=O) groups excluding carboxylic acids is 2. The lowest BCUT2D eigenvalue weighted by Crippen LogP contribution is -2.55. The maximum atomic E-state index is 13.7. The number of hydrogen-bond acceptors (Lipinski definition) is 4. The lowest BCUT2D eigenvalue weighted by atomic mass is 10.0. The van der Waals surface area contributed by atoms with Crippen LogP contribution in [0.3, 0.4) is 0 Å². The summed E-state index contributed by atoms with van der Waals surface area (Å²) in [5, 5.41) is 3.15. The molecule has 0 aliphatic heterocycles. The van der Waals surface area contributed by atoms with Crippen LogP contribution in [0, 0.1) is 5.82 Å². The van der Waals surface area contributed by atoms with E-state index in [1.807, 2.05) is 18.2 Å². The first kappa shape index (κ1) is 30.8. The molecule has 3 aromatic rings. The molecule has 3 aromatic carbocycles. The molecule has 0 saturated heterocycles. The highest BCUT2D eigenvalue weighted by atomic mass is 19.1. The SMILES string of the molecule is C[N+](C)(C)C(Cc1ccccc1)C(=O)NCCCCCCCCOc1ccc(OC(=O)c2ccccc2F)cc1. The summed E-state index contributed by atoms with van der Waals surface area (Å²) in [4.78, 5) is 25.0. The van der Waals surface area contributed by atoms with Gasteiger partial charge in [-0.2, -0.15) is 0 Å². The largest absolute Gasteiger partial charge is 0.494 e. The number of rotatable bonds is 16. The average Bonchev–Trinajstić information content (AvgIpc) is 2.93. The minimum Gasteiger partial charge on any atom is -0.494 e. The standard InChI is InChI=1S/C33H41FN2O4/c1-36(2,3)31(25-26-15-9-8-10-16-26)32(37)35-23-13-6-4-5-7-14-24-39-27-19-21-28(22-20-27)40-33(38)29-17-11-12-18-30(29)34/h8-12,15-22,31H,4-7,13-14,23-25H2,1-3H3/p+1. The minimum atomic E-state index is -0.731. The van der Waals surface area contributed by atoms with E-state index in [0.29, 0.717) is 29.1 Å². The van der Waals surface area contributed by atoms with Crippen LogP contribution in [0.1, 0.15) is 54.4 Å². The molecule has 214 valence electrons.